The van der Waals surface area contributed by atoms with Gasteiger partial charge in [-0.3, -0.25) is 14.2 Å². The zero-order chi connectivity index (χ0) is 50.8. The number of amides is 1. The standard InChI is InChI=1S/C59H103N2O7P/c1-7-10-13-16-19-22-25-28-30-32-33-36-39-42-45-48-51-58(62)60-56(55-67-69(64,65)66-54-53-61(4,5)6)57(50-47-44-41-38-35-27-24-21-18-15-12-9-3)68-59(63)52-49-46-43-40-37-34-31-29-26-23-20-17-14-11-8-2/h10,13,19-20,22-23,26,28-30,33,36,42,45,47,50,56-57H,7-9,11-12,14-18,21,24-25,27,31-32,34-35,37-41,43-44,46,48-49,51-55H2,1-6H3,(H-,60,62,64,65)/b13-10+,22-19+,23-20+,29-26+,30-28+,36-33+,45-42+,50-47+. The van der Waals surface area contributed by atoms with E-state index in [1.165, 1.54) is 70.6 Å². The van der Waals surface area contributed by atoms with E-state index in [2.05, 4.69) is 99.0 Å². The number of esters is 1. The van der Waals surface area contributed by atoms with Gasteiger partial charge < -0.3 is 28.5 Å². The Kier molecular flexibility index (Phi) is 46.4. The van der Waals surface area contributed by atoms with Gasteiger partial charge in [0.15, 0.2) is 0 Å². The minimum Gasteiger partial charge on any atom is -0.756 e. The number of nitrogens with one attached hydrogen (secondary N) is 1. The minimum atomic E-state index is -4.72. The van der Waals surface area contributed by atoms with E-state index in [1.54, 1.807) is 6.08 Å². The summed E-state index contributed by atoms with van der Waals surface area (Å²) in [5.41, 5.74) is 0. The fraction of sp³-hybridized carbons (Fsp3) is 0.695. The van der Waals surface area contributed by atoms with Crippen molar-refractivity contribution in [2.45, 2.75) is 226 Å². The summed E-state index contributed by atoms with van der Waals surface area (Å²) in [5, 5.41) is 2.96. The van der Waals surface area contributed by atoms with Crippen LogP contribution in [0.3, 0.4) is 0 Å². The molecule has 0 saturated carbocycles. The molecule has 0 aliphatic rings. The monoisotopic (exact) mass is 983 g/mol. The Morgan fingerprint density at radius 1 is 0.536 bits per heavy atom. The molecule has 3 atom stereocenters. The van der Waals surface area contributed by atoms with Crippen LogP contribution in [0.2, 0.25) is 0 Å². The van der Waals surface area contributed by atoms with E-state index in [0.29, 0.717) is 23.9 Å². The van der Waals surface area contributed by atoms with Crippen LogP contribution in [0.25, 0.3) is 0 Å². The van der Waals surface area contributed by atoms with Gasteiger partial charge in [0.25, 0.3) is 7.82 Å². The summed E-state index contributed by atoms with van der Waals surface area (Å²) in [6.07, 6.45) is 63.9. The van der Waals surface area contributed by atoms with Crippen molar-refractivity contribution in [1.29, 1.82) is 0 Å². The average Bonchev–Trinajstić information content (AvgIpc) is 3.31. The van der Waals surface area contributed by atoms with Crippen molar-refractivity contribution in [1.82, 2.24) is 5.32 Å². The van der Waals surface area contributed by atoms with Crippen LogP contribution in [0.4, 0.5) is 0 Å². The van der Waals surface area contributed by atoms with Crippen molar-refractivity contribution < 1.29 is 37.3 Å². The Morgan fingerprint density at radius 3 is 1.51 bits per heavy atom. The number of carbonyl (C=O) groups is 2. The first-order valence-corrected chi connectivity index (χ1v) is 29.0. The molecule has 1 amide bonds. The Hall–Kier alpha value is -3.07. The number of rotatable bonds is 48. The number of allylic oxidation sites excluding steroid dienone is 15. The molecule has 0 saturated heterocycles. The molecule has 0 rings (SSSR count). The number of ether oxygens (including phenoxy) is 1. The summed E-state index contributed by atoms with van der Waals surface area (Å²) in [4.78, 5) is 39.7. The molecule has 10 heteroatoms. The quantitative estimate of drug-likeness (QED) is 0.0161. The maximum absolute atomic E-state index is 13.4. The molecular weight excluding hydrogens is 880 g/mol. The van der Waals surface area contributed by atoms with E-state index in [9.17, 15) is 19.0 Å². The van der Waals surface area contributed by atoms with Gasteiger partial charge >= 0.3 is 5.97 Å². The summed E-state index contributed by atoms with van der Waals surface area (Å²) in [6, 6.07) is -0.936. The molecule has 0 spiro atoms. The van der Waals surface area contributed by atoms with Gasteiger partial charge in [0.2, 0.25) is 5.91 Å². The third-order valence-electron chi connectivity index (χ3n) is 11.5. The molecule has 9 nitrogen and oxygen atoms in total. The normalized spacial score (nSPS) is 14.6. The molecule has 0 bridgehead atoms. The summed E-state index contributed by atoms with van der Waals surface area (Å²) >= 11 is 0. The van der Waals surface area contributed by atoms with Crippen LogP contribution in [0, 0.1) is 0 Å². The number of hydrogen-bond acceptors (Lipinski definition) is 7. The van der Waals surface area contributed by atoms with E-state index in [1.807, 2.05) is 39.4 Å². The molecule has 0 heterocycles. The largest absolute Gasteiger partial charge is 0.756 e. The number of quaternary nitrogens is 1. The van der Waals surface area contributed by atoms with E-state index < -0.39 is 26.6 Å². The number of nitrogens with zero attached hydrogens (tertiary/aromatic N) is 1. The topological polar surface area (TPSA) is 114 Å². The fourth-order valence-corrected chi connectivity index (χ4v) is 7.99. The van der Waals surface area contributed by atoms with Crippen LogP contribution in [-0.2, 0) is 27.9 Å². The van der Waals surface area contributed by atoms with Gasteiger partial charge in [-0.1, -0.05) is 208 Å². The van der Waals surface area contributed by atoms with Crippen molar-refractivity contribution in [3.05, 3.63) is 97.2 Å². The van der Waals surface area contributed by atoms with E-state index in [4.69, 9.17) is 13.8 Å². The Labute approximate surface area is 424 Å². The fourth-order valence-electron chi connectivity index (χ4n) is 7.26. The summed E-state index contributed by atoms with van der Waals surface area (Å²) in [5.74, 6) is -0.659. The van der Waals surface area contributed by atoms with Crippen molar-refractivity contribution in [3.8, 4) is 0 Å². The zero-order valence-electron chi connectivity index (χ0n) is 45.0. The smallest absolute Gasteiger partial charge is 0.306 e. The molecule has 1 N–H and O–H groups in total. The molecule has 0 fully saturated rings. The molecular formula is C59H103N2O7P. The van der Waals surface area contributed by atoms with Crippen LogP contribution in [0.5, 0.6) is 0 Å². The van der Waals surface area contributed by atoms with Crippen molar-refractivity contribution in [2.24, 2.45) is 0 Å². The van der Waals surface area contributed by atoms with E-state index in [0.717, 1.165) is 96.3 Å². The third kappa shape index (κ3) is 49.7. The molecule has 0 radical (unpaired) electrons. The maximum atomic E-state index is 13.4. The van der Waals surface area contributed by atoms with Crippen molar-refractivity contribution in [2.75, 3.05) is 40.9 Å². The van der Waals surface area contributed by atoms with Crippen molar-refractivity contribution >= 4 is 19.7 Å². The second kappa shape index (κ2) is 48.6. The Balaban J connectivity index is 5.53. The summed E-state index contributed by atoms with van der Waals surface area (Å²) in [7, 11) is 1.12. The van der Waals surface area contributed by atoms with Crippen LogP contribution in [-0.4, -0.2) is 69.4 Å². The van der Waals surface area contributed by atoms with E-state index >= 15 is 0 Å². The number of likely N-dealkylation sites (N-methyl/N-ethyl adjacent to an activating group) is 1. The third-order valence-corrected chi connectivity index (χ3v) is 12.5. The van der Waals surface area contributed by atoms with Gasteiger partial charge in [0.05, 0.1) is 33.8 Å². The maximum Gasteiger partial charge on any atom is 0.306 e. The first kappa shape index (κ1) is 65.9. The number of unbranched alkanes of at least 4 members (excludes halogenated alkanes) is 19. The highest BCUT2D eigenvalue weighted by atomic mass is 31.2. The lowest BCUT2D eigenvalue weighted by Crippen LogP contribution is -2.47. The molecule has 69 heavy (non-hydrogen) atoms. The van der Waals surface area contributed by atoms with Crippen LogP contribution < -0.4 is 10.2 Å². The molecule has 396 valence electrons. The van der Waals surface area contributed by atoms with Crippen LogP contribution in [0.15, 0.2) is 97.2 Å². The molecule has 3 unspecified atom stereocenters. The molecule has 0 aromatic heterocycles. The van der Waals surface area contributed by atoms with Gasteiger partial charge in [-0.05, 0) is 89.5 Å². The highest BCUT2D eigenvalue weighted by molar-refractivity contribution is 7.45. The average molecular weight is 983 g/mol. The van der Waals surface area contributed by atoms with Crippen LogP contribution in [0.1, 0.15) is 213 Å². The second-order valence-electron chi connectivity index (χ2n) is 19.4. The van der Waals surface area contributed by atoms with Crippen LogP contribution >= 0.6 is 7.82 Å². The lowest BCUT2D eigenvalue weighted by Gasteiger charge is -2.30. The van der Waals surface area contributed by atoms with E-state index in [-0.39, 0.29) is 31.3 Å². The Bertz CT molecular complexity index is 1510. The van der Waals surface area contributed by atoms with Gasteiger partial charge in [0.1, 0.15) is 19.3 Å². The molecule has 0 aliphatic carbocycles. The SMILES string of the molecule is CC/C=C/C/C=C/C/C=C/C/C=C/C/C=C/CCC(=O)NC(COP(=O)([O-])OCC[N+](C)(C)C)C(/C=C/CCCCCCCCCCCC)OC(=O)CCCCCCCC/C=C/C=C/CCCCC. The highest BCUT2D eigenvalue weighted by Gasteiger charge is 2.27. The van der Waals surface area contributed by atoms with Gasteiger partial charge in [-0.25, -0.2) is 0 Å². The number of hydrogen-bond donors (Lipinski definition) is 1. The molecule has 0 aliphatic heterocycles. The zero-order valence-corrected chi connectivity index (χ0v) is 45.9. The number of phosphoric acid groups is 1. The summed E-state index contributed by atoms with van der Waals surface area (Å²) in [6.45, 7) is 6.60. The van der Waals surface area contributed by atoms with Crippen molar-refractivity contribution in [3.63, 3.8) is 0 Å². The highest BCUT2D eigenvalue weighted by Crippen LogP contribution is 2.38. The number of phosphoric ester groups is 1. The first-order chi connectivity index (χ1) is 33.4. The lowest BCUT2D eigenvalue weighted by molar-refractivity contribution is -0.870. The lowest BCUT2D eigenvalue weighted by atomic mass is 10.1. The molecule has 0 aromatic carbocycles. The molecule has 0 aromatic rings. The van der Waals surface area contributed by atoms with Gasteiger partial charge in [-0.2, -0.15) is 0 Å². The first-order valence-electron chi connectivity index (χ1n) is 27.6. The van der Waals surface area contributed by atoms with Gasteiger partial charge in [0, 0.05) is 12.8 Å². The predicted octanol–water partition coefficient (Wildman–Crippen LogP) is 15.8. The second-order valence-corrected chi connectivity index (χ2v) is 20.8. The minimum absolute atomic E-state index is 0.0420. The predicted molar refractivity (Wildman–Crippen MR) is 293 cm³/mol. The number of carbonyl (C=O) groups excluding carboxylic acids is 2. The summed E-state index contributed by atoms with van der Waals surface area (Å²) < 4.78 is 30.1. The Morgan fingerprint density at radius 2 is 0.986 bits per heavy atom. The van der Waals surface area contributed by atoms with Gasteiger partial charge in [-0.15, -0.1) is 0 Å².